The molecule has 96 valence electrons. The van der Waals surface area contributed by atoms with Gasteiger partial charge >= 0.3 is 0 Å². The maximum Gasteiger partial charge on any atom is 0.0809 e. The van der Waals surface area contributed by atoms with E-state index in [1.807, 2.05) is 0 Å². The second kappa shape index (κ2) is 8.93. The van der Waals surface area contributed by atoms with Gasteiger partial charge in [-0.25, -0.2) is 0 Å². The quantitative estimate of drug-likeness (QED) is 0.605. The summed E-state index contributed by atoms with van der Waals surface area (Å²) in [6.45, 7) is 6.44. The third-order valence-corrected chi connectivity index (χ3v) is 2.72. The summed E-state index contributed by atoms with van der Waals surface area (Å²) in [4.78, 5) is 0. The molecule has 4 heteroatoms. The van der Waals surface area contributed by atoms with Gasteiger partial charge in [0.05, 0.1) is 18.8 Å². The fourth-order valence-corrected chi connectivity index (χ4v) is 1.75. The summed E-state index contributed by atoms with van der Waals surface area (Å²) < 4.78 is 16.2. The van der Waals surface area contributed by atoms with E-state index in [1.54, 1.807) is 7.11 Å². The van der Waals surface area contributed by atoms with Crippen molar-refractivity contribution in [2.75, 3.05) is 40.0 Å². The third kappa shape index (κ3) is 6.43. The monoisotopic (exact) mass is 231 g/mol. The fraction of sp³-hybridized carbons (Fsp3) is 1.00. The second-order valence-corrected chi connectivity index (χ2v) is 4.33. The van der Waals surface area contributed by atoms with Crippen LogP contribution in [-0.4, -0.2) is 52.2 Å². The van der Waals surface area contributed by atoms with Gasteiger partial charge < -0.3 is 19.5 Å². The molecular formula is C12H25NO3. The Hall–Kier alpha value is -0.160. The number of hydrogen-bond acceptors (Lipinski definition) is 4. The fourth-order valence-electron chi connectivity index (χ4n) is 1.75. The molecule has 1 rings (SSSR count). The Bertz CT molecular complexity index is 160. The third-order valence-electron chi connectivity index (χ3n) is 2.72. The van der Waals surface area contributed by atoms with E-state index in [0.717, 1.165) is 45.8 Å². The van der Waals surface area contributed by atoms with E-state index in [-0.39, 0.29) is 6.10 Å². The minimum atomic E-state index is 0.256. The molecule has 1 heterocycles. The molecule has 4 nitrogen and oxygen atoms in total. The normalized spacial score (nSPS) is 22.5. The Kier molecular flexibility index (Phi) is 7.76. The predicted molar refractivity (Wildman–Crippen MR) is 63.8 cm³/mol. The van der Waals surface area contributed by atoms with Crippen molar-refractivity contribution in [1.82, 2.24) is 5.32 Å². The molecule has 0 aliphatic carbocycles. The zero-order chi connectivity index (χ0) is 11.6. The van der Waals surface area contributed by atoms with Crippen molar-refractivity contribution < 1.29 is 14.2 Å². The first-order valence-corrected chi connectivity index (χ1v) is 6.25. The van der Waals surface area contributed by atoms with Crippen LogP contribution < -0.4 is 5.32 Å². The average Bonchev–Trinajstić information content (AvgIpc) is 2.79. The van der Waals surface area contributed by atoms with Crippen LogP contribution in [-0.2, 0) is 14.2 Å². The SMILES string of the molecule is COCCCNCC(C)OCC1CCCO1. The van der Waals surface area contributed by atoms with E-state index >= 15 is 0 Å². The first-order chi connectivity index (χ1) is 7.83. The number of ether oxygens (including phenoxy) is 3. The van der Waals surface area contributed by atoms with E-state index in [2.05, 4.69) is 12.2 Å². The Morgan fingerprint density at radius 2 is 2.38 bits per heavy atom. The number of hydrogen-bond donors (Lipinski definition) is 1. The van der Waals surface area contributed by atoms with Gasteiger partial charge in [0.25, 0.3) is 0 Å². The first kappa shape index (κ1) is 13.9. The average molecular weight is 231 g/mol. The number of methoxy groups -OCH3 is 1. The van der Waals surface area contributed by atoms with Crippen molar-refractivity contribution >= 4 is 0 Å². The highest BCUT2D eigenvalue weighted by atomic mass is 16.5. The van der Waals surface area contributed by atoms with Crippen LogP contribution in [0.2, 0.25) is 0 Å². The van der Waals surface area contributed by atoms with Gasteiger partial charge in [0.2, 0.25) is 0 Å². The molecule has 2 unspecified atom stereocenters. The van der Waals surface area contributed by atoms with Crippen LogP contribution in [0.25, 0.3) is 0 Å². The lowest BCUT2D eigenvalue weighted by molar-refractivity contribution is -0.0132. The largest absolute Gasteiger partial charge is 0.385 e. The van der Waals surface area contributed by atoms with Gasteiger partial charge in [-0.2, -0.15) is 0 Å². The molecule has 0 spiro atoms. The van der Waals surface area contributed by atoms with Crippen molar-refractivity contribution in [2.45, 2.75) is 38.4 Å². The molecule has 0 radical (unpaired) electrons. The van der Waals surface area contributed by atoms with Crippen LogP contribution in [0.5, 0.6) is 0 Å². The number of rotatable bonds is 9. The van der Waals surface area contributed by atoms with Gasteiger partial charge in [-0.3, -0.25) is 0 Å². The molecule has 1 fully saturated rings. The second-order valence-electron chi connectivity index (χ2n) is 4.33. The zero-order valence-electron chi connectivity index (χ0n) is 10.5. The van der Waals surface area contributed by atoms with E-state index in [1.165, 1.54) is 6.42 Å². The minimum Gasteiger partial charge on any atom is -0.385 e. The Morgan fingerprint density at radius 3 is 3.06 bits per heavy atom. The van der Waals surface area contributed by atoms with Crippen molar-refractivity contribution in [1.29, 1.82) is 0 Å². The van der Waals surface area contributed by atoms with Crippen molar-refractivity contribution in [3.8, 4) is 0 Å². The molecule has 16 heavy (non-hydrogen) atoms. The van der Waals surface area contributed by atoms with Gasteiger partial charge in [0.15, 0.2) is 0 Å². The zero-order valence-corrected chi connectivity index (χ0v) is 10.5. The van der Waals surface area contributed by atoms with Crippen molar-refractivity contribution in [3.05, 3.63) is 0 Å². The molecular weight excluding hydrogens is 206 g/mol. The lowest BCUT2D eigenvalue weighted by Gasteiger charge is -2.16. The highest BCUT2D eigenvalue weighted by Crippen LogP contribution is 2.12. The van der Waals surface area contributed by atoms with Crippen LogP contribution in [0.15, 0.2) is 0 Å². The molecule has 1 N–H and O–H groups in total. The standard InChI is InChI=1S/C12H25NO3/c1-11(9-13-6-4-7-14-2)16-10-12-5-3-8-15-12/h11-13H,3-10H2,1-2H3. The number of nitrogens with one attached hydrogen (secondary N) is 1. The summed E-state index contributed by atoms with van der Waals surface area (Å²) >= 11 is 0. The molecule has 0 aromatic carbocycles. The molecule has 1 aliphatic rings. The molecule has 1 saturated heterocycles. The van der Waals surface area contributed by atoms with E-state index < -0.39 is 0 Å². The van der Waals surface area contributed by atoms with Gasteiger partial charge in [-0.15, -0.1) is 0 Å². The molecule has 0 amide bonds. The predicted octanol–water partition coefficient (Wildman–Crippen LogP) is 1.20. The summed E-state index contributed by atoms with van der Waals surface area (Å²) in [6, 6.07) is 0. The van der Waals surface area contributed by atoms with Gasteiger partial charge in [-0.1, -0.05) is 0 Å². The summed E-state index contributed by atoms with van der Waals surface area (Å²) in [6.07, 6.45) is 3.96. The highest BCUT2D eigenvalue weighted by molar-refractivity contribution is 4.65. The Morgan fingerprint density at radius 1 is 1.50 bits per heavy atom. The first-order valence-electron chi connectivity index (χ1n) is 6.25. The van der Waals surface area contributed by atoms with Crippen LogP contribution in [0.1, 0.15) is 26.2 Å². The lowest BCUT2D eigenvalue weighted by Crippen LogP contribution is -2.30. The summed E-state index contributed by atoms with van der Waals surface area (Å²) in [5, 5.41) is 3.35. The molecule has 0 aromatic rings. The van der Waals surface area contributed by atoms with E-state index in [0.29, 0.717) is 6.10 Å². The molecule has 0 aromatic heterocycles. The van der Waals surface area contributed by atoms with Gasteiger partial charge in [0.1, 0.15) is 0 Å². The van der Waals surface area contributed by atoms with Crippen molar-refractivity contribution in [3.63, 3.8) is 0 Å². The summed E-state index contributed by atoms with van der Waals surface area (Å²) in [5.41, 5.74) is 0. The Labute approximate surface area is 98.6 Å². The summed E-state index contributed by atoms with van der Waals surface area (Å²) in [5.74, 6) is 0. The van der Waals surface area contributed by atoms with E-state index in [4.69, 9.17) is 14.2 Å². The molecule has 1 aliphatic heterocycles. The van der Waals surface area contributed by atoms with E-state index in [9.17, 15) is 0 Å². The molecule has 0 saturated carbocycles. The molecule has 0 bridgehead atoms. The molecule has 2 atom stereocenters. The van der Waals surface area contributed by atoms with Crippen molar-refractivity contribution in [2.24, 2.45) is 0 Å². The van der Waals surface area contributed by atoms with Crippen LogP contribution in [0.4, 0.5) is 0 Å². The van der Waals surface area contributed by atoms with Crippen LogP contribution in [0.3, 0.4) is 0 Å². The highest BCUT2D eigenvalue weighted by Gasteiger charge is 2.16. The maximum absolute atomic E-state index is 5.71. The Balaban J connectivity index is 1.87. The van der Waals surface area contributed by atoms with Gasteiger partial charge in [-0.05, 0) is 32.7 Å². The lowest BCUT2D eigenvalue weighted by atomic mass is 10.2. The summed E-state index contributed by atoms with van der Waals surface area (Å²) in [7, 11) is 1.73. The van der Waals surface area contributed by atoms with Crippen LogP contribution >= 0.6 is 0 Å². The topological polar surface area (TPSA) is 39.7 Å². The smallest absolute Gasteiger partial charge is 0.0809 e. The van der Waals surface area contributed by atoms with Gasteiger partial charge in [0, 0.05) is 26.9 Å². The minimum absolute atomic E-state index is 0.256. The maximum atomic E-state index is 5.71. The van der Waals surface area contributed by atoms with Crippen LogP contribution in [0, 0.1) is 0 Å².